The molecule has 1 aromatic rings. The number of hydrogen-bond donors (Lipinski definition) is 0. The molecule has 0 radical (unpaired) electrons. The van der Waals surface area contributed by atoms with Crippen LogP contribution < -0.4 is 0 Å². The lowest BCUT2D eigenvalue weighted by Crippen LogP contribution is -2.44. The Balaban J connectivity index is 1.83. The van der Waals surface area contributed by atoms with E-state index in [1.165, 1.54) is 4.90 Å². The summed E-state index contributed by atoms with van der Waals surface area (Å²) in [5.41, 5.74) is -0.698. The number of halogens is 1. The highest BCUT2D eigenvalue weighted by Crippen LogP contribution is 2.27. The van der Waals surface area contributed by atoms with Gasteiger partial charge in [0.05, 0.1) is 43.0 Å². The van der Waals surface area contributed by atoms with E-state index >= 15 is 4.39 Å². The average Bonchev–Trinajstić information content (AvgIpc) is 2.78. The van der Waals surface area contributed by atoms with Crippen molar-refractivity contribution in [2.45, 2.75) is 45.8 Å². The van der Waals surface area contributed by atoms with E-state index in [0.29, 0.717) is 0 Å². The van der Waals surface area contributed by atoms with Crippen molar-refractivity contribution in [1.82, 2.24) is 9.80 Å². The molecule has 0 atom stereocenters. The molecule has 7 nitrogen and oxygen atoms in total. The van der Waals surface area contributed by atoms with Crippen LogP contribution in [0, 0.1) is 0 Å². The van der Waals surface area contributed by atoms with E-state index in [9.17, 15) is 14.4 Å². The van der Waals surface area contributed by atoms with Gasteiger partial charge in [-0.15, -0.1) is 0 Å². The monoisotopic (exact) mass is 418 g/mol. The van der Waals surface area contributed by atoms with Crippen molar-refractivity contribution < 1.29 is 28.2 Å². The van der Waals surface area contributed by atoms with Gasteiger partial charge in [-0.05, 0) is 46.8 Å². The third-order valence-electron chi connectivity index (χ3n) is 4.80. The number of carbonyl (C=O) groups excluding carboxylic acids is 3. The third-order valence-corrected chi connectivity index (χ3v) is 4.80. The van der Waals surface area contributed by atoms with Gasteiger partial charge in [0.15, 0.2) is 0 Å². The molecule has 0 aliphatic carbocycles. The van der Waals surface area contributed by atoms with Crippen molar-refractivity contribution in [2.75, 3.05) is 26.2 Å². The van der Waals surface area contributed by atoms with Crippen molar-refractivity contribution in [3.8, 4) is 0 Å². The number of imide groups is 1. The second kappa shape index (κ2) is 7.83. The second-order valence-corrected chi connectivity index (χ2v) is 9.14. The fourth-order valence-electron chi connectivity index (χ4n) is 3.37. The van der Waals surface area contributed by atoms with Crippen molar-refractivity contribution in [1.29, 1.82) is 0 Å². The molecule has 2 aliphatic rings. The molecule has 30 heavy (non-hydrogen) atoms. The van der Waals surface area contributed by atoms with Crippen LogP contribution in [0.4, 0.5) is 9.18 Å². The highest BCUT2D eigenvalue weighted by atomic mass is 19.1. The number of ether oxygens (including phenoxy) is 2. The summed E-state index contributed by atoms with van der Waals surface area (Å²) in [5, 5.41) is 0. The summed E-state index contributed by atoms with van der Waals surface area (Å²) in [6, 6.07) is 6.40. The molecule has 2 aliphatic heterocycles. The minimum absolute atomic E-state index is 0.0483. The van der Waals surface area contributed by atoms with Crippen molar-refractivity contribution in [3.05, 3.63) is 46.8 Å². The summed E-state index contributed by atoms with van der Waals surface area (Å²) < 4.78 is 26.4. The standard InChI is InChI=1S/C22H27FN2O5/c1-21(2,3)30-20(28)24-10-14(12-29-22(4,5)13-24)17(23)11-25-18(26)15-8-6-7-9-16(15)19(25)27/h6-9H,10-13H2,1-5H3/b17-14+. The molecular weight excluding hydrogens is 391 g/mol. The number of carbonyl (C=O) groups is 3. The molecule has 8 heteroatoms. The van der Waals surface area contributed by atoms with Gasteiger partial charge in [-0.2, -0.15) is 0 Å². The average molecular weight is 418 g/mol. The second-order valence-electron chi connectivity index (χ2n) is 9.14. The van der Waals surface area contributed by atoms with Crippen LogP contribution in [-0.4, -0.2) is 65.2 Å². The molecule has 1 saturated heterocycles. The maximum absolute atomic E-state index is 15.2. The summed E-state index contributed by atoms with van der Waals surface area (Å²) in [4.78, 5) is 39.9. The smallest absolute Gasteiger partial charge is 0.410 e. The molecule has 2 heterocycles. The zero-order valence-electron chi connectivity index (χ0n) is 18.0. The Labute approximate surface area is 175 Å². The van der Waals surface area contributed by atoms with Crippen LogP contribution in [0.3, 0.4) is 0 Å². The largest absolute Gasteiger partial charge is 0.444 e. The molecule has 3 rings (SSSR count). The molecule has 1 fully saturated rings. The van der Waals surface area contributed by atoms with E-state index in [0.717, 1.165) is 4.90 Å². The Morgan fingerprint density at radius 1 is 1.17 bits per heavy atom. The lowest BCUT2D eigenvalue weighted by Gasteiger charge is -2.30. The number of hydrogen-bond acceptors (Lipinski definition) is 5. The van der Waals surface area contributed by atoms with Gasteiger partial charge in [0.25, 0.3) is 11.8 Å². The Bertz CT molecular complexity index is 881. The fourth-order valence-corrected chi connectivity index (χ4v) is 3.37. The van der Waals surface area contributed by atoms with Gasteiger partial charge in [0.1, 0.15) is 11.4 Å². The Kier molecular flexibility index (Phi) is 5.73. The quantitative estimate of drug-likeness (QED) is 0.687. The van der Waals surface area contributed by atoms with Gasteiger partial charge in [0, 0.05) is 5.57 Å². The van der Waals surface area contributed by atoms with E-state index in [4.69, 9.17) is 9.47 Å². The summed E-state index contributed by atoms with van der Waals surface area (Å²) in [6.07, 6.45) is -0.577. The molecule has 0 bridgehead atoms. The van der Waals surface area contributed by atoms with Gasteiger partial charge in [-0.3, -0.25) is 14.5 Å². The Morgan fingerprint density at radius 3 is 2.27 bits per heavy atom. The number of nitrogens with zero attached hydrogens (tertiary/aromatic N) is 2. The predicted molar refractivity (Wildman–Crippen MR) is 108 cm³/mol. The number of amides is 3. The minimum Gasteiger partial charge on any atom is -0.444 e. The molecular formula is C22H27FN2O5. The number of rotatable bonds is 2. The summed E-state index contributed by atoms with van der Waals surface area (Å²) >= 11 is 0. The maximum Gasteiger partial charge on any atom is 0.410 e. The van der Waals surface area contributed by atoms with Gasteiger partial charge in [-0.1, -0.05) is 12.1 Å². The fraction of sp³-hybridized carbons (Fsp3) is 0.500. The van der Waals surface area contributed by atoms with E-state index < -0.39 is 41.5 Å². The van der Waals surface area contributed by atoms with E-state index in [1.54, 1.807) is 58.9 Å². The first-order valence-corrected chi connectivity index (χ1v) is 9.81. The van der Waals surface area contributed by atoms with E-state index in [-0.39, 0.29) is 36.4 Å². The first kappa shape index (κ1) is 22.0. The topological polar surface area (TPSA) is 76.2 Å². The van der Waals surface area contributed by atoms with Crippen LogP contribution in [0.5, 0.6) is 0 Å². The molecule has 162 valence electrons. The molecule has 3 amide bonds. The molecule has 0 unspecified atom stereocenters. The van der Waals surface area contributed by atoms with Gasteiger partial charge >= 0.3 is 6.09 Å². The summed E-state index contributed by atoms with van der Waals surface area (Å²) in [5.74, 6) is -1.74. The number of fused-ring (bicyclic) bond motifs is 1. The van der Waals surface area contributed by atoms with Crippen LogP contribution in [0.1, 0.15) is 55.3 Å². The molecule has 0 spiro atoms. The highest BCUT2D eigenvalue weighted by molar-refractivity contribution is 6.21. The van der Waals surface area contributed by atoms with Crippen molar-refractivity contribution >= 4 is 17.9 Å². The van der Waals surface area contributed by atoms with Crippen LogP contribution in [0.2, 0.25) is 0 Å². The highest BCUT2D eigenvalue weighted by Gasteiger charge is 2.37. The molecule has 0 saturated carbocycles. The number of benzene rings is 1. The zero-order chi connectivity index (χ0) is 22.3. The van der Waals surface area contributed by atoms with Crippen molar-refractivity contribution in [3.63, 3.8) is 0 Å². The van der Waals surface area contributed by atoms with Crippen LogP contribution in [0.15, 0.2) is 35.7 Å². The zero-order valence-corrected chi connectivity index (χ0v) is 18.0. The van der Waals surface area contributed by atoms with E-state index in [2.05, 4.69) is 0 Å². The van der Waals surface area contributed by atoms with Gasteiger partial charge < -0.3 is 14.4 Å². The first-order valence-electron chi connectivity index (χ1n) is 9.81. The Hall–Kier alpha value is -2.74. The van der Waals surface area contributed by atoms with Crippen LogP contribution >= 0.6 is 0 Å². The molecule has 0 N–H and O–H groups in total. The first-order chi connectivity index (χ1) is 13.9. The molecule has 0 aromatic heterocycles. The normalized spacial score (nSPS) is 20.7. The van der Waals surface area contributed by atoms with Crippen LogP contribution in [0.25, 0.3) is 0 Å². The maximum atomic E-state index is 15.2. The van der Waals surface area contributed by atoms with Gasteiger partial charge in [0.2, 0.25) is 0 Å². The third kappa shape index (κ3) is 4.70. The van der Waals surface area contributed by atoms with E-state index in [1.807, 2.05) is 0 Å². The predicted octanol–water partition coefficient (Wildman–Crippen LogP) is 3.55. The summed E-state index contributed by atoms with van der Waals surface area (Å²) in [7, 11) is 0. The Morgan fingerprint density at radius 2 is 1.73 bits per heavy atom. The van der Waals surface area contributed by atoms with Crippen molar-refractivity contribution in [2.24, 2.45) is 0 Å². The molecule has 1 aromatic carbocycles. The van der Waals surface area contributed by atoms with Gasteiger partial charge in [-0.25, -0.2) is 9.18 Å². The SMILES string of the molecule is CC(C)(C)OC(=O)N1C/C(=C(\F)CN2C(=O)c3ccccc3C2=O)COC(C)(C)C1. The summed E-state index contributed by atoms with van der Waals surface area (Å²) in [6.45, 7) is 8.47. The lowest BCUT2D eigenvalue weighted by molar-refractivity contribution is -0.0220. The lowest BCUT2D eigenvalue weighted by atomic mass is 10.1. The minimum atomic E-state index is -0.714. The van der Waals surface area contributed by atoms with Crippen LogP contribution in [-0.2, 0) is 9.47 Å².